The predicted molar refractivity (Wildman–Crippen MR) is 71.9 cm³/mol. The Balaban J connectivity index is 3.05. The average Bonchev–Trinajstić information content (AvgIpc) is 2.31. The number of aliphatic hydroxyl groups excluding tert-OH is 1. The topological polar surface area (TPSA) is 92.4 Å². The van der Waals surface area contributed by atoms with Gasteiger partial charge >= 0.3 is 0 Å². The van der Waals surface area contributed by atoms with E-state index in [4.69, 9.17) is 22.4 Å². The highest BCUT2D eigenvalue weighted by molar-refractivity contribution is 7.89. The summed E-state index contributed by atoms with van der Waals surface area (Å²) in [5, 5.41) is 8.82. The van der Waals surface area contributed by atoms with Gasteiger partial charge < -0.3 is 10.8 Å². The van der Waals surface area contributed by atoms with Gasteiger partial charge in [0, 0.05) is 18.6 Å². The van der Waals surface area contributed by atoms with Gasteiger partial charge in [-0.15, -0.1) is 0 Å². The van der Waals surface area contributed by atoms with Crippen LogP contribution >= 0.6 is 11.6 Å². The Morgan fingerprint density at radius 1 is 1.47 bits per heavy atom. The number of nitrogens with two attached hydrogens (primary N) is 1. The Morgan fingerprint density at radius 2 is 2.05 bits per heavy atom. The van der Waals surface area contributed by atoms with Gasteiger partial charge in [-0.2, -0.15) is 0 Å². The minimum Gasteiger partial charge on any atom is -0.396 e. The van der Waals surface area contributed by atoms with Crippen LogP contribution in [0, 0.1) is 11.2 Å². The molecule has 0 bridgehead atoms. The van der Waals surface area contributed by atoms with Crippen molar-refractivity contribution < 1.29 is 17.9 Å². The molecule has 19 heavy (non-hydrogen) atoms. The Hall–Kier alpha value is -0.890. The van der Waals surface area contributed by atoms with Gasteiger partial charge in [0.25, 0.3) is 0 Å². The van der Waals surface area contributed by atoms with Crippen molar-refractivity contribution in [2.75, 3.05) is 18.9 Å². The van der Waals surface area contributed by atoms with Crippen molar-refractivity contribution in [3.05, 3.63) is 23.0 Å². The highest BCUT2D eigenvalue weighted by Gasteiger charge is 2.24. The summed E-state index contributed by atoms with van der Waals surface area (Å²) in [5.74, 6) is -0.778. The minimum atomic E-state index is -3.91. The average molecular weight is 311 g/mol. The van der Waals surface area contributed by atoms with Crippen molar-refractivity contribution >= 4 is 27.3 Å². The first-order valence-electron chi connectivity index (χ1n) is 5.44. The van der Waals surface area contributed by atoms with E-state index in [9.17, 15) is 12.8 Å². The molecule has 0 atom stereocenters. The van der Waals surface area contributed by atoms with Gasteiger partial charge in [0.1, 0.15) is 10.7 Å². The Morgan fingerprint density at radius 3 is 2.58 bits per heavy atom. The SMILES string of the molecule is CC(C)(CO)CNS(=O)(=O)c1cc(N)c(F)cc1Cl. The van der Waals surface area contributed by atoms with Crippen LogP contribution in [0.2, 0.25) is 5.02 Å². The van der Waals surface area contributed by atoms with Gasteiger partial charge in [0.2, 0.25) is 10.0 Å². The first-order valence-corrected chi connectivity index (χ1v) is 7.30. The lowest BCUT2D eigenvalue weighted by molar-refractivity contribution is 0.163. The largest absolute Gasteiger partial charge is 0.396 e. The third kappa shape index (κ3) is 4.04. The van der Waals surface area contributed by atoms with Crippen LogP contribution in [0.5, 0.6) is 0 Å². The van der Waals surface area contributed by atoms with Crippen LogP contribution < -0.4 is 10.5 Å². The molecule has 5 nitrogen and oxygen atoms in total. The van der Waals surface area contributed by atoms with Gasteiger partial charge in [0.05, 0.1) is 10.7 Å². The summed E-state index contributed by atoms with van der Waals surface area (Å²) in [6.07, 6.45) is 0. The minimum absolute atomic E-state index is 0.0133. The van der Waals surface area contributed by atoms with Crippen molar-refractivity contribution in [3.63, 3.8) is 0 Å². The molecule has 108 valence electrons. The summed E-state index contributed by atoms with van der Waals surface area (Å²) in [7, 11) is -3.91. The molecule has 0 heterocycles. The van der Waals surface area contributed by atoms with Crippen LogP contribution in [0.1, 0.15) is 13.8 Å². The smallest absolute Gasteiger partial charge is 0.242 e. The zero-order chi connectivity index (χ0) is 14.8. The molecule has 0 aliphatic rings. The second-order valence-electron chi connectivity index (χ2n) is 4.95. The van der Waals surface area contributed by atoms with Crippen LogP contribution in [0.3, 0.4) is 0 Å². The van der Waals surface area contributed by atoms with Crippen molar-refractivity contribution in [1.29, 1.82) is 0 Å². The molecule has 0 saturated carbocycles. The van der Waals surface area contributed by atoms with E-state index < -0.39 is 21.3 Å². The molecule has 8 heteroatoms. The molecule has 0 fully saturated rings. The molecule has 0 radical (unpaired) electrons. The Bertz CT molecular complexity index is 576. The third-order valence-corrected chi connectivity index (χ3v) is 4.38. The summed E-state index contributed by atoms with van der Waals surface area (Å²) in [6, 6.07) is 1.81. The first-order chi connectivity index (χ1) is 8.59. The lowest BCUT2D eigenvalue weighted by Gasteiger charge is -2.22. The number of aliphatic hydroxyl groups is 1. The zero-order valence-electron chi connectivity index (χ0n) is 10.6. The van der Waals surface area contributed by atoms with Crippen LogP contribution in [0.4, 0.5) is 10.1 Å². The monoisotopic (exact) mass is 310 g/mol. The van der Waals surface area contributed by atoms with E-state index in [1.165, 1.54) is 0 Å². The van der Waals surface area contributed by atoms with E-state index in [-0.39, 0.29) is 28.8 Å². The van der Waals surface area contributed by atoms with E-state index in [0.717, 1.165) is 12.1 Å². The summed E-state index contributed by atoms with van der Waals surface area (Å²) >= 11 is 5.71. The van der Waals surface area contributed by atoms with E-state index in [1.807, 2.05) is 0 Å². The van der Waals surface area contributed by atoms with E-state index in [2.05, 4.69) is 4.72 Å². The van der Waals surface area contributed by atoms with Crippen molar-refractivity contribution in [3.8, 4) is 0 Å². The maximum atomic E-state index is 13.1. The molecule has 0 unspecified atom stereocenters. The molecule has 4 N–H and O–H groups in total. The fourth-order valence-corrected chi connectivity index (χ4v) is 2.96. The molecule has 0 aliphatic carbocycles. The lowest BCUT2D eigenvalue weighted by atomic mass is 9.96. The number of sulfonamides is 1. The van der Waals surface area contributed by atoms with Crippen LogP contribution in [0.15, 0.2) is 17.0 Å². The van der Waals surface area contributed by atoms with Gasteiger partial charge in [-0.25, -0.2) is 17.5 Å². The van der Waals surface area contributed by atoms with Crippen LogP contribution in [-0.4, -0.2) is 26.7 Å². The molecule has 0 amide bonds. The van der Waals surface area contributed by atoms with Crippen molar-refractivity contribution in [2.24, 2.45) is 5.41 Å². The fraction of sp³-hybridized carbons (Fsp3) is 0.455. The van der Waals surface area contributed by atoms with Crippen LogP contribution in [-0.2, 0) is 10.0 Å². The maximum absolute atomic E-state index is 13.1. The molecule has 0 aliphatic heterocycles. The standard InChI is InChI=1S/C11H16ClFN2O3S/c1-11(2,6-16)5-15-19(17,18)10-4-9(14)8(13)3-7(10)12/h3-4,15-16H,5-6,14H2,1-2H3. The summed E-state index contributed by atoms with van der Waals surface area (Å²) in [5.41, 5.74) is 4.41. The molecule has 1 aromatic rings. The lowest BCUT2D eigenvalue weighted by Crippen LogP contribution is -2.36. The van der Waals surface area contributed by atoms with Gasteiger partial charge in [0.15, 0.2) is 0 Å². The third-order valence-electron chi connectivity index (χ3n) is 2.51. The number of halogens is 2. The van der Waals surface area contributed by atoms with E-state index >= 15 is 0 Å². The Kier molecular flexibility index (Phi) is 4.78. The van der Waals surface area contributed by atoms with Crippen LogP contribution in [0.25, 0.3) is 0 Å². The van der Waals surface area contributed by atoms with Crippen molar-refractivity contribution in [1.82, 2.24) is 4.72 Å². The normalized spacial score (nSPS) is 12.7. The molecular weight excluding hydrogens is 295 g/mol. The molecule has 0 saturated heterocycles. The van der Waals surface area contributed by atoms with Gasteiger partial charge in [-0.1, -0.05) is 25.4 Å². The highest BCUT2D eigenvalue weighted by Crippen LogP contribution is 2.26. The summed E-state index contributed by atoms with van der Waals surface area (Å²) < 4.78 is 39.5. The number of nitrogen functional groups attached to an aromatic ring is 1. The molecule has 1 rings (SSSR count). The quantitative estimate of drug-likeness (QED) is 0.716. The number of hydrogen-bond acceptors (Lipinski definition) is 4. The number of nitrogens with one attached hydrogen (secondary N) is 1. The maximum Gasteiger partial charge on any atom is 0.242 e. The zero-order valence-corrected chi connectivity index (χ0v) is 12.1. The molecular formula is C11H16ClFN2O3S. The number of rotatable bonds is 5. The van der Waals surface area contributed by atoms with E-state index in [0.29, 0.717) is 0 Å². The second-order valence-corrected chi connectivity index (χ2v) is 7.09. The first kappa shape index (κ1) is 16.2. The van der Waals surface area contributed by atoms with Gasteiger partial charge in [-0.05, 0) is 12.1 Å². The molecule has 1 aromatic carbocycles. The summed E-state index contributed by atoms with van der Waals surface area (Å²) in [6.45, 7) is 3.21. The number of hydrogen-bond donors (Lipinski definition) is 3. The predicted octanol–water partition coefficient (Wildman–Crippen LogP) is 1.36. The Labute approximate surface area is 116 Å². The highest BCUT2D eigenvalue weighted by atomic mass is 35.5. The molecule has 0 aromatic heterocycles. The fourth-order valence-electron chi connectivity index (χ4n) is 1.17. The second kappa shape index (κ2) is 5.62. The summed E-state index contributed by atoms with van der Waals surface area (Å²) in [4.78, 5) is -0.290. The van der Waals surface area contributed by atoms with Gasteiger partial charge in [-0.3, -0.25) is 0 Å². The van der Waals surface area contributed by atoms with Crippen molar-refractivity contribution in [2.45, 2.75) is 18.7 Å². The number of benzene rings is 1. The molecule has 0 spiro atoms. The van der Waals surface area contributed by atoms with E-state index in [1.54, 1.807) is 13.8 Å². The number of anilines is 1.